The minimum atomic E-state index is -0.00137. The van der Waals surface area contributed by atoms with Crippen LogP contribution in [0.2, 0.25) is 0 Å². The number of H-pyrrole nitrogens is 1. The van der Waals surface area contributed by atoms with Gasteiger partial charge < -0.3 is 9.88 Å². The van der Waals surface area contributed by atoms with Crippen molar-refractivity contribution in [3.8, 4) is 0 Å². The molecule has 0 aromatic carbocycles. The summed E-state index contributed by atoms with van der Waals surface area (Å²) in [6.45, 7) is 9.05. The van der Waals surface area contributed by atoms with Crippen molar-refractivity contribution in [1.29, 1.82) is 0 Å². The summed E-state index contributed by atoms with van der Waals surface area (Å²) in [7, 11) is 0. The van der Waals surface area contributed by atoms with E-state index in [0.717, 1.165) is 30.6 Å². The predicted octanol–water partition coefficient (Wildman–Crippen LogP) is 3.30. The molecule has 1 aliphatic heterocycles. The Kier molecular flexibility index (Phi) is 3.80. The van der Waals surface area contributed by atoms with Gasteiger partial charge in [-0.2, -0.15) is 0 Å². The molecule has 2 heterocycles. The van der Waals surface area contributed by atoms with Gasteiger partial charge in [0.05, 0.1) is 0 Å². The van der Waals surface area contributed by atoms with Gasteiger partial charge in [-0.25, -0.2) is 4.98 Å². The first-order valence-electron chi connectivity index (χ1n) is 8.30. The second-order valence-corrected chi connectivity index (χ2v) is 7.74. The highest BCUT2D eigenvalue weighted by molar-refractivity contribution is 5.38. The molecule has 1 N–H and O–H groups in total. The molecule has 4 heteroatoms. The largest absolute Gasteiger partial charge is 0.356 e. The molecular weight excluding hydrogens is 262 g/mol. The molecule has 0 spiro atoms. The quantitative estimate of drug-likeness (QED) is 0.908. The van der Waals surface area contributed by atoms with Crippen LogP contribution in [0.15, 0.2) is 10.9 Å². The SMILES string of the molecule is CC(C)(C)C1CCCN(c2cc(=O)[nH]c(C3CC3)n2)CC1. The fraction of sp³-hybridized carbons (Fsp3) is 0.765. The Morgan fingerprint density at radius 1 is 1.19 bits per heavy atom. The number of aromatic amines is 1. The first-order chi connectivity index (χ1) is 9.93. The zero-order chi connectivity index (χ0) is 15.0. The molecule has 116 valence electrons. The molecule has 4 nitrogen and oxygen atoms in total. The van der Waals surface area contributed by atoms with Crippen LogP contribution < -0.4 is 10.5 Å². The van der Waals surface area contributed by atoms with Crippen molar-refractivity contribution in [2.45, 2.75) is 58.8 Å². The van der Waals surface area contributed by atoms with Crippen molar-refractivity contribution in [2.75, 3.05) is 18.0 Å². The third kappa shape index (κ3) is 3.47. The third-order valence-electron chi connectivity index (χ3n) is 4.99. The first kappa shape index (κ1) is 14.6. The molecular formula is C17H27N3O. The van der Waals surface area contributed by atoms with Crippen molar-refractivity contribution < 1.29 is 0 Å². The zero-order valence-electron chi connectivity index (χ0n) is 13.5. The number of hydrogen-bond acceptors (Lipinski definition) is 3. The summed E-state index contributed by atoms with van der Waals surface area (Å²) in [6.07, 6.45) is 5.99. The topological polar surface area (TPSA) is 49.0 Å². The average molecular weight is 289 g/mol. The van der Waals surface area contributed by atoms with Gasteiger partial charge in [-0.3, -0.25) is 4.79 Å². The normalized spacial score (nSPS) is 24.0. The molecule has 21 heavy (non-hydrogen) atoms. The predicted molar refractivity (Wildman–Crippen MR) is 85.8 cm³/mol. The van der Waals surface area contributed by atoms with Crippen LogP contribution in [-0.4, -0.2) is 23.1 Å². The van der Waals surface area contributed by atoms with E-state index in [1.807, 2.05) is 0 Å². The minimum Gasteiger partial charge on any atom is -0.356 e. The summed E-state index contributed by atoms with van der Waals surface area (Å²) in [5.41, 5.74) is 0.370. The lowest BCUT2D eigenvalue weighted by atomic mass is 9.77. The van der Waals surface area contributed by atoms with Crippen LogP contribution in [0.3, 0.4) is 0 Å². The molecule has 2 fully saturated rings. The van der Waals surface area contributed by atoms with E-state index in [4.69, 9.17) is 4.98 Å². The molecule has 1 aromatic heterocycles. The van der Waals surface area contributed by atoms with Gasteiger partial charge >= 0.3 is 0 Å². The maximum absolute atomic E-state index is 11.9. The standard InChI is InChI=1S/C17H27N3O/c1-17(2,3)13-5-4-9-20(10-8-13)14-11-15(21)19-16(18-14)12-6-7-12/h11-13H,4-10H2,1-3H3,(H,18,19,21). The second-order valence-electron chi connectivity index (χ2n) is 7.74. The molecule has 2 aliphatic rings. The van der Waals surface area contributed by atoms with Crippen molar-refractivity contribution in [3.63, 3.8) is 0 Å². The van der Waals surface area contributed by atoms with Crippen molar-refractivity contribution in [2.24, 2.45) is 11.3 Å². The van der Waals surface area contributed by atoms with Gasteiger partial charge in [0.15, 0.2) is 0 Å². The molecule has 1 saturated heterocycles. The van der Waals surface area contributed by atoms with Crippen LogP contribution in [-0.2, 0) is 0 Å². The number of nitrogens with one attached hydrogen (secondary N) is 1. The molecule has 1 unspecified atom stereocenters. The van der Waals surface area contributed by atoms with Gasteiger partial charge in [-0.05, 0) is 43.4 Å². The third-order valence-corrected chi connectivity index (χ3v) is 4.99. The van der Waals surface area contributed by atoms with Gasteiger partial charge in [0.2, 0.25) is 0 Å². The van der Waals surface area contributed by atoms with E-state index in [1.54, 1.807) is 6.07 Å². The number of aromatic nitrogens is 2. The highest BCUT2D eigenvalue weighted by Crippen LogP contribution is 2.38. The summed E-state index contributed by atoms with van der Waals surface area (Å²) in [6, 6.07) is 1.67. The fourth-order valence-electron chi connectivity index (χ4n) is 3.37. The van der Waals surface area contributed by atoms with Crippen LogP contribution >= 0.6 is 0 Å². The molecule has 1 saturated carbocycles. The Labute approximate surface area is 127 Å². The first-order valence-corrected chi connectivity index (χ1v) is 8.30. The van der Waals surface area contributed by atoms with E-state index in [-0.39, 0.29) is 5.56 Å². The van der Waals surface area contributed by atoms with Gasteiger partial charge in [0, 0.05) is 25.1 Å². The van der Waals surface area contributed by atoms with E-state index >= 15 is 0 Å². The molecule has 3 rings (SSSR count). The summed E-state index contributed by atoms with van der Waals surface area (Å²) < 4.78 is 0. The summed E-state index contributed by atoms with van der Waals surface area (Å²) in [5.74, 6) is 3.03. The second kappa shape index (κ2) is 5.47. The molecule has 0 amide bonds. The average Bonchev–Trinajstić information content (AvgIpc) is 3.23. The van der Waals surface area contributed by atoms with Gasteiger partial charge in [0.1, 0.15) is 11.6 Å². The van der Waals surface area contributed by atoms with E-state index < -0.39 is 0 Å². The number of hydrogen-bond donors (Lipinski definition) is 1. The smallest absolute Gasteiger partial charge is 0.252 e. The lowest BCUT2D eigenvalue weighted by molar-refractivity contribution is 0.220. The molecule has 1 aromatic rings. The molecule has 0 radical (unpaired) electrons. The summed E-state index contributed by atoms with van der Waals surface area (Å²) in [4.78, 5) is 21.8. The number of nitrogens with zero attached hydrogens (tertiary/aromatic N) is 2. The van der Waals surface area contributed by atoms with Gasteiger partial charge in [-0.15, -0.1) is 0 Å². The van der Waals surface area contributed by atoms with Gasteiger partial charge in [0.25, 0.3) is 5.56 Å². The molecule has 1 aliphatic carbocycles. The van der Waals surface area contributed by atoms with E-state index in [2.05, 4.69) is 30.7 Å². The van der Waals surface area contributed by atoms with Crippen LogP contribution in [0, 0.1) is 11.3 Å². The lowest BCUT2D eigenvalue weighted by Crippen LogP contribution is -2.28. The van der Waals surface area contributed by atoms with Crippen LogP contribution in [0.4, 0.5) is 5.82 Å². The van der Waals surface area contributed by atoms with E-state index in [9.17, 15) is 4.79 Å². The van der Waals surface area contributed by atoms with E-state index in [1.165, 1.54) is 32.1 Å². The van der Waals surface area contributed by atoms with Crippen LogP contribution in [0.25, 0.3) is 0 Å². The Balaban J connectivity index is 1.76. The Morgan fingerprint density at radius 3 is 2.62 bits per heavy atom. The maximum Gasteiger partial charge on any atom is 0.252 e. The maximum atomic E-state index is 11.9. The van der Waals surface area contributed by atoms with Crippen LogP contribution in [0.5, 0.6) is 0 Å². The Bertz CT molecular complexity index is 554. The van der Waals surface area contributed by atoms with Gasteiger partial charge in [-0.1, -0.05) is 20.8 Å². The highest BCUT2D eigenvalue weighted by atomic mass is 16.1. The molecule has 1 atom stereocenters. The van der Waals surface area contributed by atoms with E-state index in [0.29, 0.717) is 11.3 Å². The number of rotatable bonds is 2. The minimum absolute atomic E-state index is 0.00137. The summed E-state index contributed by atoms with van der Waals surface area (Å²) in [5, 5.41) is 0. The molecule has 0 bridgehead atoms. The van der Waals surface area contributed by atoms with Crippen molar-refractivity contribution in [3.05, 3.63) is 22.2 Å². The number of anilines is 1. The van der Waals surface area contributed by atoms with Crippen molar-refractivity contribution in [1.82, 2.24) is 9.97 Å². The van der Waals surface area contributed by atoms with Crippen molar-refractivity contribution >= 4 is 5.82 Å². The summed E-state index contributed by atoms with van der Waals surface area (Å²) >= 11 is 0. The fourth-order valence-corrected chi connectivity index (χ4v) is 3.37. The van der Waals surface area contributed by atoms with Crippen LogP contribution in [0.1, 0.15) is 64.6 Å². The lowest BCUT2D eigenvalue weighted by Gasteiger charge is -2.29. The zero-order valence-corrected chi connectivity index (χ0v) is 13.5. The Morgan fingerprint density at radius 2 is 1.95 bits per heavy atom. The monoisotopic (exact) mass is 289 g/mol. The Hall–Kier alpha value is -1.32. The highest BCUT2D eigenvalue weighted by Gasteiger charge is 2.29.